The van der Waals surface area contributed by atoms with E-state index in [-0.39, 0.29) is 47.5 Å². The zero-order chi connectivity index (χ0) is 34.8. The van der Waals surface area contributed by atoms with Crippen molar-refractivity contribution < 1.29 is 43.1 Å². The molecule has 49 heavy (non-hydrogen) atoms. The van der Waals surface area contributed by atoms with Crippen molar-refractivity contribution in [3.8, 4) is 5.75 Å². The molecule has 3 aliphatic heterocycles. The molecule has 254 valence electrons. The van der Waals surface area contributed by atoms with Crippen LogP contribution in [0.4, 0.5) is 10.1 Å². The van der Waals surface area contributed by atoms with Crippen LogP contribution < -0.4 is 20.3 Å². The number of carboxylic acid groups (broad SMARTS) is 1. The number of carbonyl (C=O) groups is 5. The first-order chi connectivity index (χ1) is 23.5. The molecular formula is C31H29FN8O7S2. The number of allylic oxidation sites excluding steroid dienone is 1. The molecule has 2 fully saturated rings. The molecule has 0 unspecified atom stereocenters. The fraction of sp³-hybridized carbons (Fsp3) is 0.290. The van der Waals surface area contributed by atoms with Gasteiger partial charge in [0.2, 0.25) is 18.4 Å². The van der Waals surface area contributed by atoms with Crippen LogP contribution in [0.3, 0.4) is 0 Å². The van der Waals surface area contributed by atoms with E-state index in [0.717, 1.165) is 34.4 Å². The minimum absolute atomic E-state index is 0.00167. The largest absolute Gasteiger partial charge is 0.543 e. The number of β-lactam (4-membered cyclic amide) rings is 1. The molecule has 0 aliphatic carbocycles. The van der Waals surface area contributed by atoms with E-state index in [1.165, 1.54) is 30.2 Å². The van der Waals surface area contributed by atoms with Crippen LogP contribution >= 0.6 is 23.5 Å². The summed E-state index contributed by atoms with van der Waals surface area (Å²) >= 11 is 2.44. The lowest BCUT2D eigenvalue weighted by atomic mass is 10.0. The molecule has 0 bridgehead atoms. The molecule has 15 nitrogen and oxygen atoms in total. The standard InChI is InChI=1S/C31H29FN8O7S2/c1-37-16-33-36-31(37)49-15-24(43)35-25-28(45)40-26(30(46)47)19(14-48-29(25)40)10-18-6-9-39(27(18)44)12-17-4-7-38(8-5-17)13-23(42)34-20-2-3-22(41)21(32)11-20/h2-5,7-8,10-11,16,25,29H,6,9,12-15H2,1H3,(H3-,34,35,41,42,43,46,47)/b18-10+/t25-,29-/m1/s1. The molecule has 3 N–H and O–H groups in total. The summed E-state index contributed by atoms with van der Waals surface area (Å²) in [5, 5.41) is 34.3. The van der Waals surface area contributed by atoms with E-state index < -0.39 is 46.7 Å². The van der Waals surface area contributed by atoms with Crippen LogP contribution in [0.1, 0.15) is 12.0 Å². The maximum atomic E-state index is 13.5. The number of hydrogen-bond donors (Lipinski definition) is 3. The van der Waals surface area contributed by atoms with E-state index in [9.17, 15) is 38.6 Å². The summed E-state index contributed by atoms with van der Waals surface area (Å²) in [4.78, 5) is 66.1. The van der Waals surface area contributed by atoms with Gasteiger partial charge in [-0.1, -0.05) is 11.8 Å². The van der Waals surface area contributed by atoms with E-state index in [4.69, 9.17) is 0 Å². The molecule has 18 heteroatoms. The number of carbonyl (C=O) groups excluding carboxylic acids is 5. The van der Waals surface area contributed by atoms with Crippen LogP contribution in [0.25, 0.3) is 0 Å². The quantitative estimate of drug-likeness (QED) is 0.0761. The highest BCUT2D eigenvalue weighted by Gasteiger charge is 2.52. The molecule has 5 heterocycles. The second-order valence-corrected chi connectivity index (χ2v) is 13.4. The number of rotatable bonds is 11. The average Bonchev–Trinajstić information content (AvgIpc) is 3.64. The first-order valence-corrected chi connectivity index (χ1v) is 16.9. The third kappa shape index (κ3) is 7.29. The first-order valence-electron chi connectivity index (χ1n) is 14.9. The van der Waals surface area contributed by atoms with Gasteiger partial charge < -0.3 is 35.1 Å². The lowest BCUT2D eigenvalue weighted by Gasteiger charge is -2.50. The predicted molar refractivity (Wildman–Crippen MR) is 170 cm³/mol. The van der Waals surface area contributed by atoms with Gasteiger partial charge in [-0.25, -0.2) is 4.39 Å². The number of nitrogens with one attached hydrogen (secondary N) is 2. The summed E-state index contributed by atoms with van der Waals surface area (Å²) in [6, 6.07) is 6.17. The summed E-state index contributed by atoms with van der Waals surface area (Å²) in [6.45, 7) is 0.626. The molecule has 0 saturated carbocycles. The summed E-state index contributed by atoms with van der Waals surface area (Å²) in [6.07, 6.45) is 6.74. The number of aromatic nitrogens is 4. The number of anilines is 1. The number of phenolic OH excluding ortho intramolecular Hbond substituents is 1. The Hall–Kier alpha value is -5.23. The Morgan fingerprint density at radius 2 is 1.98 bits per heavy atom. The van der Waals surface area contributed by atoms with Crippen molar-refractivity contribution in [2.75, 3.05) is 23.4 Å². The van der Waals surface area contributed by atoms with Crippen molar-refractivity contribution in [2.45, 2.75) is 36.1 Å². The molecule has 2 saturated heterocycles. The fourth-order valence-corrected chi connectivity index (χ4v) is 7.53. The number of halogens is 1. The Bertz CT molecular complexity index is 1920. The van der Waals surface area contributed by atoms with Gasteiger partial charge >= 0.3 is 0 Å². The highest BCUT2D eigenvalue weighted by atomic mass is 32.2. The summed E-state index contributed by atoms with van der Waals surface area (Å²) in [5.74, 6) is -4.36. The summed E-state index contributed by atoms with van der Waals surface area (Å²) in [7, 11) is 1.74. The first kappa shape index (κ1) is 33.7. The minimum atomic E-state index is -1.54. The fourth-order valence-electron chi connectivity index (χ4n) is 5.52. The van der Waals surface area contributed by atoms with Gasteiger partial charge in [0.05, 0.1) is 17.4 Å². The smallest absolute Gasteiger partial charge is 0.290 e. The number of amides is 4. The lowest BCUT2D eigenvalue weighted by molar-refractivity contribution is -0.684. The van der Waals surface area contributed by atoms with Crippen molar-refractivity contribution in [3.63, 3.8) is 0 Å². The topological polar surface area (TPSA) is 194 Å². The third-order valence-corrected chi connectivity index (χ3v) is 10.3. The number of pyridine rings is 1. The molecule has 0 radical (unpaired) electrons. The van der Waals surface area contributed by atoms with Gasteiger partial charge in [-0.15, -0.1) is 22.0 Å². The normalized spacial score (nSPS) is 19.6. The Kier molecular flexibility index (Phi) is 9.68. The second-order valence-electron chi connectivity index (χ2n) is 11.4. The maximum absolute atomic E-state index is 13.5. The Labute approximate surface area is 286 Å². The van der Waals surface area contributed by atoms with Crippen molar-refractivity contribution in [3.05, 3.63) is 83.4 Å². The van der Waals surface area contributed by atoms with Crippen molar-refractivity contribution >= 4 is 58.8 Å². The predicted octanol–water partition coefficient (Wildman–Crippen LogP) is -0.559. The number of thioether (sulfide) groups is 2. The summed E-state index contributed by atoms with van der Waals surface area (Å²) in [5.41, 5.74) is 1.39. The lowest BCUT2D eigenvalue weighted by Crippen LogP contribution is -2.71. The van der Waals surface area contributed by atoms with Crippen LogP contribution in [0, 0.1) is 5.82 Å². The highest BCUT2D eigenvalue weighted by molar-refractivity contribution is 8.00. The van der Waals surface area contributed by atoms with Gasteiger partial charge in [-0.3, -0.25) is 24.1 Å². The van der Waals surface area contributed by atoms with Crippen LogP contribution in [0.15, 0.2) is 77.1 Å². The van der Waals surface area contributed by atoms with E-state index in [0.29, 0.717) is 23.7 Å². The Morgan fingerprint density at radius 1 is 1.20 bits per heavy atom. The molecule has 2 aromatic heterocycles. The molecular weight excluding hydrogens is 680 g/mol. The van der Waals surface area contributed by atoms with E-state index in [1.54, 1.807) is 45.6 Å². The summed E-state index contributed by atoms with van der Waals surface area (Å²) < 4.78 is 16.8. The number of benzene rings is 1. The average molecular weight is 709 g/mol. The molecule has 6 rings (SSSR count). The van der Waals surface area contributed by atoms with E-state index in [2.05, 4.69) is 20.8 Å². The number of carboxylic acids is 1. The van der Waals surface area contributed by atoms with Gasteiger partial charge in [-0.2, -0.15) is 4.57 Å². The number of fused-ring (bicyclic) bond motifs is 1. The van der Waals surface area contributed by atoms with Gasteiger partial charge in [0.1, 0.15) is 17.7 Å². The minimum Gasteiger partial charge on any atom is -0.543 e. The number of aliphatic carboxylic acids is 1. The molecule has 4 amide bonds. The molecule has 1 aromatic carbocycles. The molecule has 3 aliphatic rings. The molecule has 2 atom stereocenters. The van der Waals surface area contributed by atoms with Gasteiger partial charge in [0, 0.05) is 55.3 Å². The van der Waals surface area contributed by atoms with Crippen LogP contribution in [-0.4, -0.2) is 88.7 Å². The van der Waals surface area contributed by atoms with Gasteiger partial charge in [-0.05, 0) is 35.8 Å². The molecule has 3 aromatic rings. The Morgan fingerprint density at radius 3 is 2.67 bits per heavy atom. The number of aryl methyl sites for hydroxylation is 1. The van der Waals surface area contributed by atoms with E-state index in [1.807, 2.05) is 0 Å². The zero-order valence-electron chi connectivity index (χ0n) is 25.9. The highest BCUT2D eigenvalue weighted by Crippen LogP contribution is 2.41. The number of hydrogen-bond acceptors (Lipinski definition) is 11. The van der Waals surface area contributed by atoms with Crippen molar-refractivity contribution in [1.82, 2.24) is 29.9 Å². The number of likely N-dealkylation sites (tertiary alicyclic amines) is 1. The number of phenols is 1. The second kappa shape index (κ2) is 14.1. The van der Waals surface area contributed by atoms with Crippen LogP contribution in [0.5, 0.6) is 5.75 Å². The van der Waals surface area contributed by atoms with Crippen LogP contribution in [0.2, 0.25) is 0 Å². The van der Waals surface area contributed by atoms with Crippen molar-refractivity contribution in [1.29, 1.82) is 0 Å². The van der Waals surface area contributed by atoms with E-state index >= 15 is 0 Å². The van der Waals surface area contributed by atoms with Gasteiger partial charge in [0.15, 0.2) is 29.1 Å². The monoisotopic (exact) mass is 708 g/mol. The zero-order valence-corrected chi connectivity index (χ0v) is 27.5. The Balaban J connectivity index is 1.04. The van der Waals surface area contributed by atoms with Gasteiger partial charge in [0.25, 0.3) is 11.8 Å². The SMILES string of the molecule is Cn1cnnc1SCC(=O)N[C@@H]1C(=O)N2C(C(=O)[O-])=C(/C=C3\CCN(Cc4cc[n+](CC(=O)Nc5ccc(O)c(F)c5)cc4)C3=O)CS[C@H]12. The van der Waals surface area contributed by atoms with Crippen molar-refractivity contribution in [2.24, 2.45) is 7.05 Å². The molecule has 0 spiro atoms. The van der Waals surface area contributed by atoms with Crippen LogP contribution in [-0.2, 0) is 44.1 Å². The number of aromatic hydroxyl groups is 1. The number of nitrogens with zero attached hydrogens (tertiary/aromatic N) is 6. The maximum Gasteiger partial charge on any atom is 0.290 e. The third-order valence-electron chi connectivity index (χ3n) is 7.96.